The molecule has 3 rings (SSSR count). The molecule has 0 aliphatic heterocycles. The maximum absolute atomic E-state index is 12.7. The zero-order chi connectivity index (χ0) is 19.4. The number of hydrogen-bond donors (Lipinski definition) is 2. The van der Waals surface area contributed by atoms with Gasteiger partial charge < -0.3 is 10.1 Å². The molecule has 0 unspecified atom stereocenters. The largest absolute Gasteiger partial charge is 0.466 e. The molecule has 0 atom stereocenters. The summed E-state index contributed by atoms with van der Waals surface area (Å²) in [5.74, 6) is 0.491. The highest BCUT2D eigenvalue weighted by Gasteiger charge is 2.15. The van der Waals surface area contributed by atoms with Crippen molar-refractivity contribution in [1.29, 1.82) is 0 Å². The van der Waals surface area contributed by atoms with E-state index >= 15 is 0 Å². The van der Waals surface area contributed by atoms with Crippen molar-refractivity contribution in [2.24, 2.45) is 0 Å². The first-order valence-electron chi connectivity index (χ1n) is 8.60. The van der Waals surface area contributed by atoms with Crippen molar-refractivity contribution in [3.05, 3.63) is 56.7 Å². The van der Waals surface area contributed by atoms with Crippen LogP contribution in [0.15, 0.2) is 29.1 Å². The van der Waals surface area contributed by atoms with Crippen molar-refractivity contribution in [3.8, 4) is 0 Å². The summed E-state index contributed by atoms with van der Waals surface area (Å²) in [6, 6.07) is 7.36. The van der Waals surface area contributed by atoms with E-state index in [4.69, 9.17) is 16.3 Å². The number of nitrogens with zero attached hydrogens (tertiary/aromatic N) is 3. The normalized spacial score (nSPS) is 10.9. The lowest BCUT2D eigenvalue weighted by molar-refractivity contribution is -0.143. The summed E-state index contributed by atoms with van der Waals surface area (Å²) in [4.78, 5) is 33.0. The average molecular weight is 390 g/mol. The van der Waals surface area contributed by atoms with E-state index in [1.165, 1.54) is 4.52 Å². The van der Waals surface area contributed by atoms with Crippen LogP contribution in [0.5, 0.6) is 0 Å². The molecule has 0 radical (unpaired) electrons. The molecular formula is C18H20ClN5O3. The molecule has 0 aliphatic carbocycles. The van der Waals surface area contributed by atoms with E-state index in [-0.39, 0.29) is 30.1 Å². The van der Waals surface area contributed by atoms with Gasteiger partial charge in [-0.3, -0.25) is 14.7 Å². The molecule has 2 N–H and O–H groups in total. The number of nitrogens with one attached hydrogen (secondary N) is 2. The molecule has 2 aromatic heterocycles. The van der Waals surface area contributed by atoms with Crippen LogP contribution in [0.2, 0.25) is 5.02 Å². The number of hydrogen-bond acceptors (Lipinski definition) is 6. The van der Waals surface area contributed by atoms with Crippen LogP contribution in [0.3, 0.4) is 0 Å². The SMILES string of the molecule is CCOC(=O)CCc1c(C)nc2nc(CNc3ccccc3Cl)[nH]n2c1=O. The van der Waals surface area contributed by atoms with E-state index in [1.54, 1.807) is 19.9 Å². The van der Waals surface area contributed by atoms with Gasteiger partial charge in [0.15, 0.2) is 0 Å². The van der Waals surface area contributed by atoms with Gasteiger partial charge >= 0.3 is 5.97 Å². The molecule has 0 amide bonds. The number of halogens is 1. The standard InChI is InChI=1S/C18H20ClN5O3/c1-3-27-16(25)9-8-12-11(2)21-18-22-15(23-24(18)17(12)26)10-20-14-7-5-4-6-13(14)19/h4-7,20H,3,8-10H2,1-2H3,(H,21,22,23). The quantitative estimate of drug-likeness (QED) is 0.602. The molecule has 0 aliphatic rings. The second-order valence-electron chi connectivity index (χ2n) is 5.93. The van der Waals surface area contributed by atoms with Crippen LogP contribution in [0.1, 0.15) is 30.4 Å². The van der Waals surface area contributed by atoms with Gasteiger partial charge in [-0.1, -0.05) is 23.7 Å². The third-order valence-electron chi connectivity index (χ3n) is 4.05. The van der Waals surface area contributed by atoms with Gasteiger partial charge in [0.2, 0.25) is 0 Å². The van der Waals surface area contributed by atoms with Gasteiger partial charge in [0.25, 0.3) is 11.3 Å². The Labute approximate surface area is 160 Å². The molecule has 9 heteroatoms. The predicted octanol–water partition coefficient (Wildman–Crippen LogP) is 2.49. The van der Waals surface area contributed by atoms with Crippen molar-refractivity contribution in [3.63, 3.8) is 0 Å². The first-order chi connectivity index (χ1) is 13.0. The van der Waals surface area contributed by atoms with Gasteiger partial charge in [0.1, 0.15) is 5.82 Å². The molecule has 0 fully saturated rings. The zero-order valence-corrected chi connectivity index (χ0v) is 15.8. The topological polar surface area (TPSA) is 101 Å². The fraction of sp³-hybridized carbons (Fsp3) is 0.333. The lowest BCUT2D eigenvalue weighted by Crippen LogP contribution is -2.23. The number of fused-ring (bicyclic) bond motifs is 1. The second-order valence-corrected chi connectivity index (χ2v) is 6.33. The molecule has 27 heavy (non-hydrogen) atoms. The van der Waals surface area contributed by atoms with Gasteiger partial charge in [0, 0.05) is 12.0 Å². The lowest BCUT2D eigenvalue weighted by atomic mass is 10.1. The Balaban J connectivity index is 1.80. The Morgan fingerprint density at radius 2 is 2.11 bits per heavy atom. The molecular weight excluding hydrogens is 370 g/mol. The van der Waals surface area contributed by atoms with Crippen LogP contribution in [-0.2, 0) is 22.5 Å². The Bertz CT molecular complexity index is 1030. The van der Waals surface area contributed by atoms with E-state index in [9.17, 15) is 9.59 Å². The number of rotatable bonds is 7. The average Bonchev–Trinajstić information content (AvgIpc) is 3.04. The Morgan fingerprint density at radius 1 is 1.33 bits per heavy atom. The molecule has 0 saturated carbocycles. The highest BCUT2D eigenvalue weighted by atomic mass is 35.5. The van der Waals surface area contributed by atoms with E-state index in [0.29, 0.717) is 35.3 Å². The fourth-order valence-corrected chi connectivity index (χ4v) is 2.91. The highest BCUT2D eigenvalue weighted by molar-refractivity contribution is 6.33. The second kappa shape index (κ2) is 8.22. The lowest BCUT2D eigenvalue weighted by Gasteiger charge is -2.05. The summed E-state index contributed by atoms with van der Waals surface area (Å²) in [5, 5.41) is 6.70. The number of para-hydroxylation sites is 1. The molecule has 0 bridgehead atoms. The number of ether oxygens (including phenoxy) is 1. The number of anilines is 1. The van der Waals surface area contributed by atoms with Crippen LogP contribution in [0.4, 0.5) is 5.69 Å². The van der Waals surface area contributed by atoms with Crippen LogP contribution in [0, 0.1) is 6.92 Å². The number of aromatic amines is 1. The third kappa shape index (κ3) is 4.28. The first-order valence-corrected chi connectivity index (χ1v) is 8.98. The van der Waals surface area contributed by atoms with Crippen molar-refractivity contribution in [2.45, 2.75) is 33.2 Å². The highest BCUT2D eigenvalue weighted by Crippen LogP contribution is 2.20. The number of carbonyl (C=O) groups excluding carboxylic acids is 1. The van der Waals surface area contributed by atoms with Crippen LogP contribution in [-0.4, -0.2) is 32.2 Å². The van der Waals surface area contributed by atoms with Gasteiger partial charge in [-0.05, 0) is 32.4 Å². The summed E-state index contributed by atoms with van der Waals surface area (Å²) in [5.41, 5.74) is 1.53. The van der Waals surface area contributed by atoms with Crippen molar-refractivity contribution in [2.75, 3.05) is 11.9 Å². The number of aryl methyl sites for hydroxylation is 1. The van der Waals surface area contributed by atoms with Crippen molar-refractivity contribution < 1.29 is 9.53 Å². The van der Waals surface area contributed by atoms with Crippen LogP contribution < -0.4 is 10.9 Å². The van der Waals surface area contributed by atoms with Crippen molar-refractivity contribution in [1.82, 2.24) is 19.6 Å². The Kier molecular flexibility index (Phi) is 5.75. The smallest absolute Gasteiger partial charge is 0.306 e. The minimum atomic E-state index is -0.337. The van der Waals surface area contributed by atoms with Gasteiger partial charge in [-0.2, -0.15) is 9.50 Å². The Hall–Kier alpha value is -2.87. The number of esters is 1. The maximum atomic E-state index is 12.7. The summed E-state index contributed by atoms with van der Waals surface area (Å²) in [6.45, 7) is 4.15. The number of aromatic nitrogens is 4. The van der Waals surface area contributed by atoms with Crippen LogP contribution in [0.25, 0.3) is 5.78 Å². The fourth-order valence-electron chi connectivity index (χ4n) is 2.71. The van der Waals surface area contributed by atoms with E-state index in [0.717, 1.165) is 5.69 Å². The summed E-state index contributed by atoms with van der Waals surface area (Å²) >= 11 is 6.12. The molecule has 8 nitrogen and oxygen atoms in total. The zero-order valence-electron chi connectivity index (χ0n) is 15.1. The molecule has 0 spiro atoms. The molecule has 0 saturated heterocycles. The van der Waals surface area contributed by atoms with Crippen molar-refractivity contribution >= 4 is 29.0 Å². The van der Waals surface area contributed by atoms with Gasteiger partial charge in [0.05, 0.1) is 29.6 Å². The summed E-state index contributed by atoms with van der Waals surface area (Å²) in [6.07, 6.45) is 0.401. The maximum Gasteiger partial charge on any atom is 0.306 e. The first kappa shape index (κ1) is 18.9. The minimum Gasteiger partial charge on any atom is -0.466 e. The molecule has 2 heterocycles. The van der Waals surface area contributed by atoms with Gasteiger partial charge in [-0.15, -0.1) is 0 Å². The van der Waals surface area contributed by atoms with Crippen LogP contribution >= 0.6 is 11.6 Å². The number of benzene rings is 1. The minimum absolute atomic E-state index is 0.132. The van der Waals surface area contributed by atoms with E-state index in [1.807, 2.05) is 18.2 Å². The van der Waals surface area contributed by atoms with E-state index < -0.39 is 0 Å². The molecule has 3 aromatic rings. The summed E-state index contributed by atoms with van der Waals surface area (Å²) in [7, 11) is 0. The molecule has 1 aromatic carbocycles. The summed E-state index contributed by atoms with van der Waals surface area (Å²) < 4.78 is 6.20. The Morgan fingerprint density at radius 3 is 2.85 bits per heavy atom. The predicted molar refractivity (Wildman–Crippen MR) is 102 cm³/mol. The van der Waals surface area contributed by atoms with E-state index in [2.05, 4.69) is 20.4 Å². The van der Waals surface area contributed by atoms with Gasteiger partial charge in [-0.25, -0.2) is 4.98 Å². The third-order valence-corrected chi connectivity index (χ3v) is 4.38. The monoisotopic (exact) mass is 389 g/mol. The number of H-pyrrole nitrogens is 1. The number of carbonyl (C=O) groups is 1. The molecule has 142 valence electrons.